The molecule has 1 saturated heterocycles. The van der Waals surface area contributed by atoms with Gasteiger partial charge in [-0.3, -0.25) is 0 Å². The summed E-state index contributed by atoms with van der Waals surface area (Å²) in [6, 6.07) is 0.320. The third kappa shape index (κ3) is 4.20. The summed E-state index contributed by atoms with van der Waals surface area (Å²) in [5, 5.41) is 6.31. The zero-order valence-electron chi connectivity index (χ0n) is 11.5. The van der Waals surface area contributed by atoms with Crippen LogP contribution in [0.15, 0.2) is 0 Å². The van der Waals surface area contributed by atoms with Crippen molar-refractivity contribution in [3.8, 4) is 6.01 Å². The van der Waals surface area contributed by atoms with Crippen LogP contribution < -0.4 is 15.4 Å². The predicted molar refractivity (Wildman–Crippen MR) is 72.6 cm³/mol. The molecule has 7 heteroatoms. The number of nitrogens with zero attached hydrogens (tertiary/aromatic N) is 3. The van der Waals surface area contributed by atoms with Crippen molar-refractivity contribution in [3.63, 3.8) is 0 Å². The Morgan fingerprint density at radius 1 is 1.16 bits per heavy atom. The number of hydrogen-bond donors (Lipinski definition) is 2. The minimum atomic E-state index is 0.320. The van der Waals surface area contributed by atoms with Crippen LogP contribution in [-0.2, 0) is 4.74 Å². The van der Waals surface area contributed by atoms with Crippen molar-refractivity contribution in [1.82, 2.24) is 15.0 Å². The van der Waals surface area contributed by atoms with Gasteiger partial charge in [0.05, 0.1) is 7.11 Å². The highest BCUT2D eigenvalue weighted by molar-refractivity contribution is 5.35. The van der Waals surface area contributed by atoms with Crippen LogP contribution in [0.4, 0.5) is 11.9 Å². The van der Waals surface area contributed by atoms with Gasteiger partial charge in [-0.1, -0.05) is 0 Å². The first-order valence-electron chi connectivity index (χ1n) is 6.67. The number of hydrogen-bond acceptors (Lipinski definition) is 7. The first kappa shape index (κ1) is 13.8. The maximum Gasteiger partial charge on any atom is 0.322 e. The third-order valence-electron chi connectivity index (χ3n) is 3.02. The van der Waals surface area contributed by atoms with Gasteiger partial charge < -0.3 is 20.1 Å². The summed E-state index contributed by atoms with van der Waals surface area (Å²) in [6.07, 6.45) is 2.16. The predicted octanol–water partition coefficient (Wildman–Crippen LogP) is 1.15. The standard InChI is InChI=1S/C12H21N5O2/c1-3-13-10-15-11(17-12(16-10)18-2)14-8-9-4-6-19-7-5-9/h9H,3-8H2,1-2H3,(H2,13,14,15,16,17). The van der Waals surface area contributed by atoms with Gasteiger partial charge in [-0.25, -0.2) is 0 Å². The Labute approximate surface area is 113 Å². The lowest BCUT2D eigenvalue weighted by Gasteiger charge is -2.22. The molecule has 1 aliphatic rings. The number of anilines is 2. The van der Waals surface area contributed by atoms with Crippen molar-refractivity contribution in [3.05, 3.63) is 0 Å². The van der Waals surface area contributed by atoms with Gasteiger partial charge in [0.25, 0.3) is 0 Å². The molecule has 0 atom stereocenters. The van der Waals surface area contributed by atoms with Crippen molar-refractivity contribution in [2.24, 2.45) is 5.92 Å². The fourth-order valence-electron chi connectivity index (χ4n) is 1.95. The number of rotatable bonds is 6. The molecule has 106 valence electrons. The monoisotopic (exact) mass is 267 g/mol. The summed E-state index contributed by atoms with van der Waals surface area (Å²) < 4.78 is 10.4. The smallest absolute Gasteiger partial charge is 0.322 e. The summed E-state index contributed by atoms with van der Waals surface area (Å²) in [6.45, 7) is 5.28. The first-order valence-corrected chi connectivity index (χ1v) is 6.67. The molecule has 7 nitrogen and oxygen atoms in total. The van der Waals surface area contributed by atoms with Gasteiger partial charge in [0, 0.05) is 26.3 Å². The van der Waals surface area contributed by atoms with Crippen molar-refractivity contribution >= 4 is 11.9 Å². The zero-order valence-corrected chi connectivity index (χ0v) is 11.5. The highest BCUT2D eigenvalue weighted by Gasteiger charge is 2.14. The highest BCUT2D eigenvalue weighted by Crippen LogP contribution is 2.16. The Morgan fingerprint density at radius 3 is 2.47 bits per heavy atom. The Hall–Kier alpha value is -1.63. The molecular formula is C12H21N5O2. The van der Waals surface area contributed by atoms with E-state index in [-0.39, 0.29) is 0 Å². The molecule has 2 rings (SSSR count). The highest BCUT2D eigenvalue weighted by atomic mass is 16.5. The first-order chi connectivity index (χ1) is 9.31. The fraction of sp³-hybridized carbons (Fsp3) is 0.750. The van der Waals surface area contributed by atoms with Gasteiger partial charge in [-0.2, -0.15) is 15.0 Å². The SMILES string of the molecule is CCNc1nc(NCC2CCOCC2)nc(OC)n1. The maximum atomic E-state index is 5.34. The molecule has 1 fully saturated rings. The molecule has 1 aliphatic heterocycles. The van der Waals surface area contributed by atoms with Crippen LogP contribution >= 0.6 is 0 Å². The van der Waals surface area contributed by atoms with Gasteiger partial charge in [0.15, 0.2) is 0 Å². The average molecular weight is 267 g/mol. The molecule has 0 unspecified atom stereocenters. The molecule has 0 spiro atoms. The molecule has 19 heavy (non-hydrogen) atoms. The second kappa shape index (κ2) is 7.08. The van der Waals surface area contributed by atoms with E-state index < -0.39 is 0 Å². The lowest BCUT2D eigenvalue weighted by Crippen LogP contribution is -2.23. The molecule has 0 aliphatic carbocycles. The zero-order chi connectivity index (χ0) is 13.5. The topological polar surface area (TPSA) is 81.2 Å². The maximum absolute atomic E-state index is 5.34. The quantitative estimate of drug-likeness (QED) is 0.800. The number of nitrogens with one attached hydrogen (secondary N) is 2. The molecule has 2 heterocycles. The third-order valence-corrected chi connectivity index (χ3v) is 3.02. The van der Waals surface area contributed by atoms with Gasteiger partial charge in [0.2, 0.25) is 11.9 Å². The lowest BCUT2D eigenvalue weighted by atomic mass is 10.0. The van der Waals surface area contributed by atoms with E-state index in [4.69, 9.17) is 9.47 Å². The lowest BCUT2D eigenvalue weighted by molar-refractivity contribution is 0.0699. The van der Waals surface area contributed by atoms with Crippen molar-refractivity contribution in [2.45, 2.75) is 19.8 Å². The van der Waals surface area contributed by atoms with Crippen molar-refractivity contribution in [1.29, 1.82) is 0 Å². The summed E-state index contributed by atoms with van der Waals surface area (Å²) in [4.78, 5) is 12.6. The molecular weight excluding hydrogens is 246 g/mol. The van der Waals surface area contributed by atoms with E-state index in [2.05, 4.69) is 25.6 Å². The Kier molecular flexibility index (Phi) is 5.14. The van der Waals surface area contributed by atoms with Crippen LogP contribution in [0, 0.1) is 5.92 Å². The average Bonchev–Trinajstić information content (AvgIpc) is 2.46. The molecule has 0 aromatic carbocycles. The molecule has 0 radical (unpaired) electrons. The van der Waals surface area contributed by atoms with E-state index in [1.165, 1.54) is 0 Å². The van der Waals surface area contributed by atoms with Crippen LogP contribution in [0.2, 0.25) is 0 Å². The van der Waals surface area contributed by atoms with Crippen LogP contribution in [0.5, 0.6) is 6.01 Å². The largest absolute Gasteiger partial charge is 0.467 e. The number of ether oxygens (including phenoxy) is 2. The summed E-state index contributed by atoms with van der Waals surface area (Å²) >= 11 is 0. The van der Waals surface area contributed by atoms with E-state index >= 15 is 0 Å². The fourth-order valence-corrected chi connectivity index (χ4v) is 1.95. The second-order valence-corrected chi connectivity index (χ2v) is 4.44. The number of aromatic nitrogens is 3. The van der Waals surface area contributed by atoms with Crippen LogP contribution in [0.25, 0.3) is 0 Å². The summed E-state index contributed by atoms with van der Waals surface area (Å²) in [5.74, 6) is 1.69. The number of methoxy groups -OCH3 is 1. The van der Waals surface area contributed by atoms with E-state index in [9.17, 15) is 0 Å². The van der Waals surface area contributed by atoms with Crippen molar-refractivity contribution < 1.29 is 9.47 Å². The molecule has 2 N–H and O–H groups in total. The minimum absolute atomic E-state index is 0.320. The molecule has 0 amide bonds. The van der Waals surface area contributed by atoms with Crippen LogP contribution in [-0.4, -0.2) is 48.4 Å². The van der Waals surface area contributed by atoms with Gasteiger partial charge >= 0.3 is 6.01 Å². The van der Waals surface area contributed by atoms with E-state index in [1.54, 1.807) is 7.11 Å². The van der Waals surface area contributed by atoms with Crippen molar-refractivity contribution in [2.75, 3.05) is 44.0 Å². The Bertz CT molecular complexity index is 396. The van der Waals surface area contributed by atoms with Gasteiger partial charge in [0.1, 0.15) is 0 Å². The molecule has 0 bridgehead atoms. The van der Waals surface area contributed by atoms with Gasteiger partial charge in [-0.15, -0.1) is 0 Å². The minimum Gasteiger partial charge on any atom is -0.467 e. The second-order valence-electron chi connectivity index (χ2n) is 4.44. The van der Waals surface area contributed by atoms with Crippen LogP contribution in [0.3, 0.4) is 0 Å². The normalized spacial score (nSPS) is 16.1. The Balaban J connectivity index is 1.95. The van der Waals surface area contributed by atoms with E-state index in [1.807, 2.05) is 6.92 Å². The summed E-state index contributed by atoms with van der Waals surface area (Å²) in [5.41, 5.74) is 0. The summed E-state index contributed by atoms with van der Waals surface area (Å²) in [7, 11) is 1.55. The molecule has 1 aromatic heterocycles. The molecule has 0 saturated carbocycles. The molecule has 1 aromatic rings. The Morgan fingerprint density at radius 2 is 1.84 bits per heavy atom. The van der Waals surface area contributed by atoms with Gasteiger partial charge in [-0.05, 0) is 25.7 Å². The van der Waals surface area contributed by atoms with E-state index in [0.717, 1.165) is 39.1 Å². The van der Waals surface area contributed by atoms with Crippen LogP contribution in [0.1, 0.15) is 19.8 Å². The van der Waals surface area contributed by atoms with E-state index in [0.29, 0.717) is 23.8 Å².